The monoisotopic (exact) mass is 330 g/mol. The second-order valence-corrected chi connectivity index (χ2v) is 6.27. The Hall–Kier alpha value is -0.460. The number of unbranched alkanes of at least 4 members (excludes halogenated alkanes) is 6. The highest BCUT2D eigenvalue weighted by molar-refractivity contribution is 4.89. The van der Waals surface area contributed by atoms with Gasteiger partial charge in [-0.15, -0.1) is 0 Å². The van der Waals surface area contributed by atoms with Crippen LogP contribution in [0.25, 0.3) is 0 Å². The summed E-state index contributed by atoms with van der Waals surface area (Å²) in [7, 11) is 0. The standard InChI is InChI=1S/C18H34O5/c1-2-3-4-5-6-7-8-9-10-11-12-22-18-16(21)14-23-17(18)15(20)13-19/h4-5,15-21H,2-3,6-14H2,1H3/b5-4+/t15-,16+,17+,18+/m1/s1. The lowest BCUT2D eigenvalue weighted by molar-refractivity contribution is -0.0938. The molecule has 1 heterocycles. The highest BCUT2D eigenvalue weighted by Crippen LogP contribution is 2.21. The second kappa shape index (κ2) is 12.9. The zero-order valence-corrected chi connectivity index (χ0v) is 14.4. The predicted molar refractivity (Wildman–Crippen MR) is 90.3 cm³/mol. The summed E-state index contributed by atoms with van der Waals surface area (Å²) < 4.78 is 11.0. The summed E-state index contributed by atoms with van der Waals surface area (Å²) in [5, 5.41) is 28.5. The highest BCUT2D eigenvalue weighted by atomic mass is 16.6. The Morgan fingerprint density at radius 2 is 1.83 bits per heavy atom. The van der Waals surface area contributed by atoms with Gasteiger partial charge in [-0.3, -0.25) is 0 Å². The van der Waals surface area contributed by atoms with Gasteiger partial charge < -0.3 is 24.8 Å². The first-order chi connectivity index (χ1) is 11.2. The van der Waals surface area contributed by atoms with Crippen LogP contribution in [0.4, 0.5) is 0 Å². The molecule has 0 aromatic heterocycles. The molecule has 0 bridgehead atoms. The summed E-state index contributed by atoms with van der Waals surface area (Å²) in [5.74, 6) is 0. The second-order valence-electron chi connectivity index (χ2n) is 6.27. The highest BCUT2D eigenvalue weighted by Gasteiger charge is 2.40. The van der Waals surface area contributed by atoms with Crippen LogP contribution in [0.15, 0.2) is 12.2 Å². The summed E-state index contributed by atoms with van der Waals surface area (Å²) in [4.78, 5) is 0. The molecule has 1 saturated heterocycles. The predicted octanol–water partition coefficient (Wildman–Crippen LogP) is 2.18. The van der Waals surface area contributed by atoms with Crippen molar-refractivity contribution in [2.75, 3.05) is 19.8 Å². The van der Waals surface area contributed by atoms with Crippen LogP contribution in [0.5, 0.6) is 0 Å². The van der Waals surface area contributed by atoms with E-state index in [4.69, 9.17) is 14.6 Å². The van der Waals surface area contributed by atoms with E-state index in [0.29, 0.717) is 6.61 Å². The summed E-state index contributed by atoms with van der Waals surface area (Å²) in [6, 6.07) is 0. The summed E-state index contributed by atoms with van der Waals surface area (Å²) in [6.45, 7) is 2.51. The number of allylic oxidation sites excluding steroid dienone is 2. The molecule has 4 atom stereocenters. The van der Waals surface area contributed by atoms with Crippen LogP contribution in [-0.2, 0) is 9.47 Å². The van der Waals surface area contributed by atoms with Gasteiger partial charge in [0.1, 0.15) is 24.4 Å². The Morgan fingerprint density at radius 1 is 1.13 bits per heavy atom. The fourth-order valence-corrected chi connectivity index (χ4v) is 2.77. The number of hydrogen-bond acceptors (Lipinski definition) is 5. The third kappa shape index (κ3) is 8.27. The molecule has 5 heteroatoms. The van der Waals surface area contributed by atoms with Crippen molar-refractivity contribution in [3.05, 3.63) is 12.2 Å². The molecule has 0 aromatic carbocycles. The molecule has 3 N–H and O–H groups in total. The van der Waals surface area contributed by atoms with E-state index in [0.717, 1.165) is 12.8 Å². The van der Waals surface area contributed by atoms with Crippen molar-refractivity contribution in [3.8, 4) is 0 Å². The van der Waals surface area contributed by atoms with Crippen molar-refractivity contribution in [3.63, 3.8) is 0 Å². The molecule has 0 aromatic rings. The SMILES string of the molecule is CCC/C=C/CCCCCCCO[C@@H]1[C@H]([C@H](O)CO)OC[C@@H]1O. The largest absolute Gasteiger partial charge is 0.394 e. The Labute approximate surface area is 140 Å². The van der Waals surface area contributed by atoms with E-state index in [9.17, 15) is 10.2 Å². The maximum absolute atomic E-state index is 9.82. The zero-order chi connectivity index (χ0) is 16.9. The molecule has 1 fully saturated rings. The fraction of sp³-hybridized carbons (Fsp3) is 0.889. The van der Waals surface area contributed by atoms with Crippen LogP contribution >= 0.6 is 0 Å². The zero-order valence-electron chi connectivity index (χ0n) is 14.4. The van der Waals surface area contributed by atoms with Crippen molar-refractivity contribution in [2.45, 2.75) is 82.7 Å². The van der Waals surface area contributed by atoms with Crippen molar-refractivity contribution < 1.29 is 24.8 Å². The van der Waals surface area contributed by atoms with E-state index >= 15 is 0 Å². The molecule has 5 nitrogen and oxygen atoms in total. The first-order valence-electron chi connectivity index (χ1n) is 9.05. The Bertz CT molecular complexity index is 308. The van der Waals surface area contributed by atoms with Crippen LogP contribution in [0, 0.1) is 0 Å². The maximum atomic E-state index is 9.82. The van der Waals surface area contributed by atoms with E-state index in [1.54, 1.807) is 0 Å². The molecular weight excluding hydrogens is 296 g/mol. The molecule has 0 aliphatic carbocycles. The van der Waals surface area contributed by atoms with Crippen LogP contribution in [0.1, 0.15) is 58.3 Å². The molecule has 1 aliphatic heterocycles. The minimum atomic E-state index is -1.00. The van der Waals surface area contributed by atoms with Crippen LogP contribution in [0.3, 0.4) is 0 Å². The molecule has 23 heavy (non-hydrogen) atoms. The Kier molecular flexibility index (Phi) is 11.5. The van der Waals surface area contributed by atoms with Gasteiger partial charge in [0.15, 0.2) is 0 Å². The van der Waals surface area contributed by atoms with Crippen LogP contribution < -0.4 is 0 Å². The summed E-state index contributed by atoms with van der Waals surface area (Å²) >= 11 is 0. The topological polar surface area (TPSA) is 79.2 Å². The summed E-state index contributed by atoms with van der Waals surface area (Å²) in [6.07, 6.45) is 10.9. The number of hydrogen-bond donors (Lipinski definition) is 3. The van der Waals surface area contributed by atoms with Crippen molar-refractivity contribution in [2.24, 2.45) is 0 Å². The van der Waals surface area contributed by atoms with Crippen LogP contribution in [-0.4, -0.2) is 59.6 Å². The van der Waals surface area contributed by atoms with Gasteiger partial charge in [0.2, 0.25) is 0 Å². The minimum absolute atomic E-state index is 0.151. The molecule has 0 saturated carbocycles. The quantitative estimate of drug-likeness (QED) is 0.356. The van der Waals surface area contributed by atoms with Crippen LogP contribution in [0.2, 0.25) is 0 Å². The van der Waals surface area contributed by atoms with Gasteiger partial charge in [0.25, 0.3) is 0 Å². The smallest absolute Gasteiger partial charge is 0.114 e. The average Bonchev–Trinajstić information content (AvgIpc) is 2.93. The number of aliphatic hydroxyl groups is 3. The average molecular weight is 330 g/mol. The lowest BCUT2D eigenvalue weighted by Crippen LogP contribution is -2.42. The molecule has 1 aliphatic rings. The van der Waals surface area contributed by atoms with Gasteiger partial charge in [-0.1, -0.05) is 44.8 Å². The molecule has 0 unspecified atom stereocenters. The van der Waals surface area contributed by atoms with Crippen molar-refractivity contribution in [1.82, 2.24) is 0 Å². The molecule has 1 rings (SSSR count). The van der Waals surface area contributed by atoms with E-state index in [2.05, 4.69) is 19.1 Å². The Morgan fingerprint density at radius 3 is 2.57 bits per heavy atom. The van der Waals surface area contributed by atoms with E-state index in [1.165, 1.54) is 38.5 Å². The molecular formula is C18H34O5. The van der Waals surface area contributed by atoms with Gasteiger partial charge in [-0.25, -0.2) is 0 Å². The molecule has 0 radical (unpaired) electrons. The molecule has 0 amide bonds. The van der Waals surface area contributed by atoms with E-state index in [-0.39, 0.29) is 13.2 Å². The first kappa shape index (κ1) is 20.6. The van der Waals surface area contributed by atoms with Gasteiger partial charge in [-0.05, 0) is 25.7 Å². The van der Waals surface area contributed by atoms with Gasteiger partial charge in [0.05, 0.1) is 13.2 Å². The van der Waals surface area contributed by atoms with Gasteiger partial charge in [0, 0.05) is 6.61 Å². The fourth-order valence-electron chi connectivity index (χ4n) is 2.77. The normalized spacial score (nSPS) is 26.2. The molecule has 136 valence electrons. The van der Waals surface area contributed by atoms with Crippen molar-refractivity contribution in [1.29, 1.82) is 0 Å². The first-order valence-corrected chi connectivity index (χ1v) is 9.05. The lowest BCUT2D eigenvalue weighted by Gasteiger charge is -2.23. The number of aliphatic hydroxyl groups excluding tert-OH is 3. The van der Waals surface area contributed by atoms with Gasteiger partial charge >= 0.3 is 0 Å². The third-order valence-corrected chi connectivity index (χ3v) is 4.18. The minimum Gasteiger partial charge on any atom is -0.394 e. The Balaban J connectivity index is 2.01. The van der Waals surface area contributed by atoms with E-state index < -0.39 is 24.4 Å². The maximum Gasteiger partial charge on any atom is 0.114 e. The number of rotatable bonds is 13. The molecule has 0 spiro atoms. The van der Waals surface area contributed by atoms with E-state index in [1.807, 2.05) is 0 Å². The van der Waals surface area contributed by atoms with Gasteiger partial charge in [-0.2, -0.15) is 0 Å². The number of ether oxygens (including phenoxy) is 2. The lowest BCUT2D eigenvalue weighted by atomic mass is 10.1. The summed E-state index contributed by atoms with van der Waals surface area (Å²) in [5.41, 5.74) is 0. The third-order valence-electron chi connectivity index (χ3n) is 4.18. The van der Waals surface area contributed by atoms with Crippen molar-refractivity contribution >= 4 is 0 Å².